The Morgan fingerprint density at radius 1 is 1.17 bits per heavy atom. The lowest BCUT2D eigenvalue weighted by Crippen LogP contribution is -2.48. The third kappa shape index (κ3) is 4.56. The Labute approximate surface area is 169 Å². The highest BCUT2D eigenvalue weighted by Gasteiger charge is 2.35. The lowest BCUT2D eigenvalue weighted by Gasteiger charge is -2.33. The number of hydrogen-bond acceptors (Lipinski definition) is 5. The molecule has 29 heavy (non-hydrogen) atoms. The summed E-state index contributed by atoms with van der Waals surface area (Å²) in [5.41, 5.74) is 3.19. The van der Waals surface area contributed by atoms with Crippen molar-refractivity contribution in [1.82, 2.24) is 0 Å². The van der Waals surface area contributed by atoms with Crippen molar-refractivity contribution in [1.29, 1.82) is 0 Å². The molecule has 0 saturated carbocycles. The molecule has 0 unspecified atom stereocenters. The van der Waals surface area contributed by atoms with Gasteiger partial charge in [-0.3, -0.25) is 9.59 Å². The molecule has 7 nitrogen and oxygen atoms in total. The molecule has 2 amide bonds. The minimum Gasteiger partial charge on any atom is -0.475 e. The maximum atomic E-state index is 12.6. The van der Waals surface area contributed by atoms with Crippen LogP contribution in [0.2, 0.25) is 0 Å². The highest BCUT2D eigenvalue weighted by molar-refractivity contribution is 5.97. The fraction of sp³-hybridized carbons (Fsp3) is 0.318. The number of para-hydroxylation sites is 2. The Bertz CT molecular complexity index is 956. The van der Waals surface area contributed by atoms with Gasteiger partial charge in [-0.15, -0.1) is 0 Å². The first-order valence-electron chi connectivity index (χ1n) is 9.38. The Hall–Kier alpha value is -3.35. The number of esters is 1. The van der Waals surface area contributed by atoms with Crippen LogP contribution in [-0.4, -0.2) is 36.5 Å². The van der Waals surface area contributed by atoms with E-state index in [9.17, 15) is 14.4 Å². The topological polar surface area (TPSA) is 84.9 Å². The average molecular weight is 396 g/mol. The van der Waals surface area contributed by atoms with Gasteiger partial charge in [0.05, 0.1) is 12.2 Å². The number of nitrogens with zero attached hydrogens (tertiary/aromatic N) is 1. The number of fused-ring (bicyclic) bond motifs is 1. The van der Waals surface area contributed by atoms with Crippen molar-refractivity contribution in [3.05, 3.63) is 53.6 Å². The molecular formula is C22H24N2O5. The SMILES string of the molecule is CC(=O)N1C[C@@H](C(=O)O[C@@H](C)C(=O)Nc2cc(C)ccc2C)Oc2ccccc21. The van der Waals surface area contributed by atoms with Gasteiger partial charge >= 0.3 is 5.97 Å². The molecule has 0 saturated heterocycles. The van der Waals surface area contributed by atoms with Gasteiger partial charge in [-0.25, -0.2) is 4.79 Å². The fourth-order valence-corrected chi connectivity index (χ4v) is 3.06. The van der Waals surface area contributed by atoms with Crippen molar-refractivity contribution < 1.29 is 23.9 Å². The smallest absolute Gasteiger partial charge is 0.350 e. The van der Waals surface area contributed by atoms with E-state index < -0.39 is 24.1 Å². The van der Waals surface area contributed by atoms with Gasteiger partial charge in [0.25, 0.3) is 5.91 Å². The van der Waals surface area contributed by atoms with Crippen molar-refractivity contribution in [2.24, 2.45) is 0 Å². The third-order valence-corrected chi connectivity index (χ3v) is 4.73. The van der Waals surface area contributed by atoms with E-state index in [2.05, 4.69) is 5.32 Å². The normalized spacial score (nSPS) is 16.3. The zero-order valence-corrected chi connectivity index (χ0v) is 16.9. The van der Waals surface area contributed by atoms with Crippen LogP contribution in [0.15, 0.2) is 42.5 Å². The maximum Gasteiger partial charge on any atom is 0.350 e. The van der Waals surface area contributed by atoms with Crippen LogP contribution in [0.25, 0.3) is 0 Å². The first kappa shape index (κ1) is 20.4. The van der Waals surface area contributed by atoms with Gasteiger partial charge in [-0.05, 0) is 50.1 Å². The molecule has 0 bridgehead atoms. The summed E-state index contributed by atoms with van der Waals surface area (Å²) in [6.45, 7) is 6.76. The number of ether oxygens (including phenoxy) is 2. The standard InChI is InChI=1S/C22H24N2O5/c1-13-9-10-14(2)17(11-13)23-21(26)15(3)28-22(27)20-12-24(16(4)25)18-7-5-6-8-19(18)29-20/h5-11,15,20H,12H2,1-4H3,(H,23,26)/t15-,20-/m0/s1. The summed E-state index contributed by atoms with van der Waals surface area (Å²) in [5, 5.41) is 2.78. The van der Waals surface area contributed by atoms with E-state index in [-0.39, 0.29) is 12.5 Å². The van der Waals surface area contributed by atoms with Crippen LogP contribution in [-0.2, 0) is 19.1 Å². The van der Waals surface area contributed by atoms with E-state index >= 15 is 0 Å². The molecule has 1 heterocycles. The highest BCUT2D eigenvalue weighted by atomic mass is 16.6. The molecule has 0 radical (unpaired) electrons. The number of benzene rings is 2. The van der Waals surface area contributed by atoms with Gasteiger partial charge in [0.1, 0.15) is 5.75 Å². The second-order valence-corrected chi connectivity index (χ2v) is 7.09. The van der Waals surface area contributed by atoms with E-state index in [1.165, 1.54) is 18.7 Å². The monoisotopic (exact) mass is 396 g/mol. The van der Waals surface area contributed by atoms with Gasteiger partial charge in [0.15, 0.2) is 6.10 Å². The van der Waals surface area contributed by atoms with Crippen LogP contribution in [0.5, 0.6) is 5.75 Å². The number of carbonyl (C=O) groups excluding carboxylic acids is 3. The molecule has 2 aromatic carbocycles. The molecule has 0 aromatic heterocycles. The Morgan fingerprint density at radius 2 is 1.90 bits per heavy atom. The van der Waals surface area contributed by atoms with Crippen LogP contribution in [0.4, 0.5) is 11.4 Å². The lowest BCUT2D eigenvalue weighted by molar-refractivity contribution is -0.160. The molecule has 1 aliphatic rings. The summed E-state index contributed by atoms with van der Waals surface area (Å²) in [6.07, 6.45) is -2.03. The summed E-state index contributed by atoms with van der Waals surface area (Å²) in [6, 6.07) is 12.7. The second kappa shape index (κ2) is 8.34. The number of carbonyl (C=O) groups is 3. The average Bonchev–Trinajstić information content (AvgIpc) is 2.69. The van der Waals surface area contributed by atoms with Crippen molar-refractivity contribution in [2.75, 3.05) is 16.8 Å². The predicted octanol–water partition coefficient (Wildman–Crippen LogP) is 2.99. The number of rotatable bonds is 4. The Morgan fingerprint density at radius 3 is 2.62 bits per heavy atom. The van der Waals surface area contributed by atoms with Crippen LogP contribution in [0, 0.1) is 13.8 Å². The molecule has 152 valence electrons. The Kier molecular flexibility index (Phi) is 5.87. The van der Waals surface area contributed by atoms with Crippen LogP contribution in [0.3, 0.4) is 0 Å². The van der Waals surface area contributed by atoms with Crippen LogP contribution >= 0.6 is 0 Å². The zero-order chi connectivity index (χ0) is 21.1. The minimum absolute atomic E-state index is 0.0243. The Balaban J connectivity index is 1.67. The number of anilines is 2. The van der Waals surface area contributed by atoms with Crippen molar-refractivity contribution >= 4 is 29.2 Å². The quantitative estimate of drug-likeness (QED) is 0.803. The zero-order valence-electron chi connectivity index (χ0n) is 16.9. The number of aryl methyl sites for hydroxylation is 2. The van der Waals surface area contributed by atoms with Gasteiger partial charge < -0.3 is 19.7 Å². The van der Waals surface area contributed by atoms with E-state index in [4.69, 9.17) is 9.47 Å². The summed E-state index contributed by atoms with van der Waals surface area (Å²) < 4.78 is 11.0. The van der Waals surface area contributed by atoms with E-state index in [1.54, 1.807) is 24.3 Å². The summed E-state index contributed by atoms with van der Waals surface area (Å²) in [7, 11) is 0. The molecule has 0 fully saturated rings. The molecule has 2 atom stereocenters. The minimum atomic E-state index is -1.02. The molecule has 2 aromatic rings. The number of amides is 2. The molecular weight excluding hydrogens is 372 g/mol. The molecule has 0 aliphatic carbocycles. The predicted molar refractivity (Wildman–Crippen MR) is 109 cm³/mol. The van der Waals surface area contributed by atoms with Gasteiger partial charge in [-0.1, -0.05) is 24.3 Å². The van der Waals surface area contributed by atoms with Crippen molar-refractivity contribution in [3.63, 3.8) is 0 Å². The fourth-order valence-electron chi connectivity index (χ4n) is 3.06. The van der Waals surface area contributed by atoms with Gasteiger partial charge in [0, 0.05) is 12.6 Å². The largest absolute Gasteiger partial charge is 0.475 e. The first-order chi connectivity index (χ1) is 13.8. The third-order valence-electron chi connectivity index (χ3n) is 4.73. The first-order valence-corrected chi connectivity index (χ1v) is 9.38. The van der Waals surface area contributed by atoms with E-state index in [0.717, 1.165) is 11.1 Å². The van der Waals surface area contributed by atoms with Crippen LogP contribution < -0.4 is 15.0 Å². The van der Waals surface area contributed by atoms with Gasteiger partial charge in [0.2, 0.25) is 12.0 Å². The summed E-state index contributed by atoms with van der Waals surface area (Å²) >= 11 is 0. The molecule has 0 spiro atoms. The van der Waals surface area contributed by atoms with Crippen LogP contribution in [0.1, 0.15) is 25.0 Å². The maximum absolute atomic E-state index is 12.6. The van der Waals surface area contributed by atoms with Gasteiger partial charge in [-0.2, -0.15) is 0 Å². The lowest BCUT2D eigenvalue weighted by atomic mass is 10.1. The number of nitrogens with one attached hydrogen (secondary N) is 1. The summed E-state index contributed by atoms with van der Waals surface area (Å²) in [5.74, 6) is -0.927. The summed E-state index contributed by atoms with van der Waals surface area (Å²) in [4.78, 5) is 38.5. The van der Waals surface area contributed by atoms with E-state index in [0.29, 0.717) is 17.1 Å². The molecule has 1 N–H and O–H groups in total. The number of hydrogen-bond donors (Lipinski definition) is 1. The molecule has 7 heteroatoms. The highest BCUT2D eigenvalue weighted by Crippen LogP contribution is 2.33. The van der Waals surface area contributed by atoms with E-state index in [1.807, 2.05) is 32.0 Å². The molecule has 3 rings (SSSR count). The molecule has 1 aliphatic heterocycles. The van der Waals surface area contributed by atoms with Crippen molar-refractivity contribution in [3.8, 4) is 5.75 Å². The van der Waals surface area contributed by atoms with Crippen molar-refractivity contribution in [2.45, 2.75) is 39.9 Å². The second-order valence-electron chi connectivity index (χ2n) is 7.09.